The predicted molar refractivity (Wildman–Crippen MR) is 130 cm³/mol. The average Bonchev–Trinajstić information content (AvgIpc) is 3.31. The van der Waals surface area contributed by atoms with Crippen molar-refractivity contribution in [2.75, 3.05) is 32.2 Å². The van der Waals surface area contributed by atoms with Gasteiger partial charge in [-0.15, -0.1) is 10.2 Å². The molecule has 35 heavy (non-hydrogen) atoms. The van der Waals surface area contributed by atoms with Crippen LogP contribution in [0.1, 0.15) is 44.3 Å². The van der Waals surface area contributed by atoms with Crippen LogP contribution < -0.4 is 14.2 Å². The van der Waals surface area contributed by atoms with E-state index in [-0.39, 0.29) is 17.9 Å². The second-order valence-electron chi connectivity index (χ2n) is 8.39. The number of anilines is 1. The molecule has 0 radical (unpaired) electrons. The van der Waals surface area contributed by atoms with Gasteiger partial charge in [0.25, 0.3) is 0 Å². The molecule has 4 rings (SSSR count). The molecule has 0 spiro atoms. The Kier molecular flexibility index (Phi) is 7.51. The van der Waals surface area contributed by atoms with Gasteiger partial charge in [0, 0.05) is 36.9 Å². The topological polar surface area (TPSA) is 130 Å². The van der Waals surface area contributed by atoms with Crippen LogP contribution in [-0.4, -0.2) is 65.8 Å². The van der Waals surface area contributed by atoms with Crippen molar-refractivity contribution in [3.63, 3.8) is 0 Å². The van der Waals surface area contributed by atoms with Crippen molar-refractivity contribution in [2.24, 2.45) is 0 Å². The molecule has 0 aromatic carbocycles. The van der Waals surface area contributed by atoms with E-state index in [0.29, 0.717) is 54.9 Å². The lowest BCUT2D eigenvalue weighted by molar-refractivity contribution is 0.0704. The van der Waals surface area contributed by atoms with Gasteiger partial charge < -0.3 is 14.2 Å². The zero-order valence-electron chi connectivity index (χ0n) is 20.2. The third-order valence-electron chi connectivity index (χ3n) is 6.30. The van der Waals surface area contributed by atoms with Crippen molar-refractivity contribution in [1.82, 2.24) is 24.7 Å². The SMILES string of the molecule is COc1ccc(C(C)C(C)S(=O)(=O)Nc2nnc(-c3cccc(OC)n3)n2C2CCOCC2)nc1. The summed E-state index contributed by atoms with van der Waals surface area (Å²) in [5.74, 6) is 1.28. The molecular weight excluding hydrogens is 472 g/mol. The van der Waals surface area contributed by atoms with Crippen molar-refractivity contribution < 1.29 is 22.6 Å². The molecule has 1 fully saturated rings. The summed E-state index contributed by atoms with van der Waals surface area (Å²) >= 11 is 0. The van der Waals surface area contributed by atoms with E-state index in [0.717, 1.165) is 0 Å². The van der Waals surface area contributed by atoms with Crippen LogP contribution in [0, 0.1) is 0 Å². The highest BCUT2D eigenvalue weighted by atomic mass is 32.2. The van der Waals surface area contributed by atoms with E-state index in [9.17, 15) is 8.42 Å². The number of methoxy groups -OCH3 is 2. The first-order valence-corrected chi connectivity index (χ1v) is 12.9. The second-order valence-corrected chi connectivity index (χ2v) is 10.4. The normalized spacial score (nSPS) is 16.5. The molecule has 1 saturated heterocycles. The first kappa shape index (κ1) is 24.9. The fourth-order valence-corrected chi connectivity index (χ4v) is 5.25. The van der Waals surface area contributed by atoms with Crippen LogP contribution in [0.4, 0.5) is 5.95 Å². The number of nitrogens with one attached hydrogen (secondary N) is 1. The van der Waals surface area contributed by atoms with Gasteiger partial charge in [-0.05, 0) is 38.0 Å². The number of ether oxygens (including phenoxy) is 3. The summed E-state index contributed by atoms with van der Waals surface area (Å²) in [6, 6.07) is 8.82. The maximum Gasteiger partial charge on any atom is 0.238 e. The number of aromatic nitrogens is 5. The molecule has 2 unspecified atom stereocenters. The van der Waals surface area contributed by atoms with E-state index in [4.69, 9.17) is 14.2 Å². The minimum absolute atomic E-state index is 0.0459. The zero-order valence-corrected chi connectivity index (χ0v) is 21.0. The van der Waals surface area contributed by atoms with Crippen LogP contribution in [0.3, 0.4) is 0 Å². The standard InChI is InChI=1S/C23H30N6O5S/c1-15(19-9-8-18(32-3)14-24-19)16(2)35(30,31)28-23-27-26-22(20-6-5-7-21(25-20)33-4)29(23)17-10-12-34-13-11-17/h5-9,14-17H,10-13H2,1-4H3,(H,27,28). The Labute approximate surface area is 204 Å². The second kappa shape index (κ2) is 10.6. The molecule has 0 bridgehead atoms. The highest BCUT2D eigenvalue weighted by molar-refractivity contribution is 7.93. The summed E-state index contributed by atoms with van der Waals surface area (Å²) in [5, 5.41) is 7.73. The molecule has 0 amide bonds. The van der Waals surface area contributed by atoms with Crippen LogP contribution in [0.25, 0.3) is 11.5 Å². The van der Waals surface area contributed by atoms with Gasteiger partial charge in [0.2, 0.25) is 21.9 Å². The van der Waals surface area contributed by atoms with Gasteiger partial charge in [-0.25, -0.2) is 13.4 Å². The van der Waals surface area contributed by atoms with Gasteiger partial charge in [-0.1, -0.05) is 13.0 Å². The molecule has 4 heterocycles. The summed E-state index contributed by atoms with van der Waals surface area (Å²) in [5.41, 5.74) is 1.19. The molecule has 3 aromatic rings. The van der Waals surface area contributed by atoms with Gasteiger partial charge in [-0.2, -0.15) is 0 Å². The number of rotatable bonds is 9. The molecule has 0 saturated carbocycles. The van der Waals surface area contributed by atoms with Crippen LogP contribution in [0.5, 0.6) is 11.6 Å². The summed E-state index contributed by atoms with van der Waals surface area (Å²) < 4.78 is 47.2. The monoisotopic (exact) mass is 502 g/mol. The van der Waals surface area contributed by atoms with Gasteiger partial charge in [0.05, 0.1) is 25.7 Å². The Morgan fingerprint density at radius 3 is 2.51 bits per heavy atom. The molecule has 0 aliphatic carbocycles. The molecule has 3 aromatic heterocycles. The molecule has 1 aliphatic rings. The summed E-state index contributed by atoms with van der Waals surface area (Å²) in [7, 11) is -0.747. The summed E-state index contributed by atoms with van der Waals surface area (Å²) in [6.45, 7) is 4.61. The lowest BCUT2D eigenvalue weighted by atomic mass is 10.0. The maximum absolute atomic E-state index is 13.4. The highest BCUT2D eigenvalue weighted by Crippen LogP contribution is 2.32. The largest absolute Gasteiger partial charge is 0.495 e. The molecule has 188 valence electrons. The van der Waals surface area contributed by atoms with E-state index in [1.54, 1.807) is 50.6 Å². The van der Waals surface area contributed by atoms with Crippen molar-refractivity contribution in [3.05, 3.63) is 42.2 Å². The lowest BCUT2D eigenvalue weighted by Crippen LogP contribution is -2.32. The van der Waals surface area contributed by atoms with Crippen molar-refractivity contribution in [2.45, 2.75) is 43.9 Å². The van der Waals surface area contributed by atoms with E-state index in [1.807, 2.05) is 11.5 Å². The Hall–Kier alpha value is -3.25. The minimum Gasteiger partial charge on any atom is -0.495 e. The number of pyridine rings is 2. The third-order valence-corrected chi connectivity index (χ3v) is 8.16. The average molecular weight is 503 g/mol. The van der Waals surface area contributed by atoms with Crippen LogP contribution in [-0.2, 0) is 14.8 Å². The van der Waals surface area contributed by atoms with E-state index < -0.39 is 15.3 Å². The molecule has 1 aliphatic heterocycles. The lowest BCUT2D eigenvalue weighted by Gasteiger charge is -2.27. The van der Waals surface area contributed by atoms with E-state index in [2.05, 4.69) is 24.9 Å². The summed E-state index contributed by atoms with van der Waals surface area (Å²) in [4.78, 5) is 8.83. The van der Waals surface area contributed by atoms with Gasteiger partial charge in [0.15, 0.2) is 5.82 Å². The van der Waals surface area contributed by atoms with Crippen molar-refractivity contribution in [1.29, 1.82) is 0 Å². The quantitative estimate of drug-likeness (QED) is 0.469. The number of sulfonamides is 1. The van der Waals surface area contributed by atoms with E-state index >= 15 is 0 Å². The predicted octanol–water partition coefficient (Wildman–Crippen LogP) is 3.04. The van der Waals surface area contributed by atoms with Gasteiger partial charge in [-0.3, -0.25) is 14.3 Å². The Morgan fingerprint density at radius 2 is 1.86 bits per heavy atom. The molecular formula is C23H30N6O5S. The highest BCUT2D eigenvalue weighted by Gasteiger charge is 2.32. The fourth-order valence-electron chi connectivity index (χ4n) is 3.99. The van der Waals surface area contributed by atoms with Crippen molar-refractivity contribution >= 4 is 16.0 Å². The fraction of sp³-hybridized carbons (Fsp3) is 0.478. The smallest absolute Gasteiger partial charge is 0.238 e. The van der Waals surface area contributed by atoms with E-state index in [1.165, 1.54) is 7.11 Å². The van der Waals surface area contributed by atoms with Crippen LogP contribution >= 0.6 is 0 Å². The van der Waals surface area contributed by atoms with Crippen LogP contribution in [0.15, 0.2) is 36.5 Å². The van der Waals surface area contributed by atoms with Crippen molar-refractivity contribution in [3.8, 4) is 23.1 Å². The maximum atomic E-state index is 13.4. The first-order valence-electron chi connectivity index (χ1n) is 11.4. The minimum atomic E-state index is -3.84. The molecule has 2 atom stereocenters. The summed E-state index contributed by atoms with van der Waals surface area (Å²) in [6.07, 6.45) is 2.98. The van der Waals surface area contributed by atoms with Crippen LogP contribution in [0.2, 0.25) is 0 Å². The van der Waals surface area contributed by atoms with Gasteiger partial charge >= 0.3 is 0 Å². The molecule has 12 heteroatoms. The number of hydrogen-bond acceptors (Lipinski definition) is 9. The molecule has 11 nitrogen and oxygen atoms in total. The number of nitrogens with zero attached hydrogens (tertiary/aromatic N) is 5. The number of hydrogen-bond donors (Lipinski definition) is 1. The third kappa shape index (κ3) is 5.38. The van der Waals surface area contributed by atoms with Gasteiger partial charge in [0.1, 0.15) is 11.4 Å². The Morgan fingerprint density at radius 1 is 1.09 bits per heavy atom. The molecule has 1 N–H and O–H groups in total. The first-order chi connectivity index (χ1) is 16.8. The zero-order chi connectivity index (χ0) is 25.0. The Balaban J connectivity index is 1.65. The Bertz CT molecular complexity index is 1240.